The zero-order valence-corrected chi connectivity index (χ0v) is 19.0. The predicted octanol–water partition coefficient (Wildman–Crippen LogP) is 5.90. The van der Waals surface area contributed by atoms with Crippen LogP contribution in [0.4, 0.5) is 5.69 Å². The van der Waals surface area contributed by atoms with E-state index in [9.17, 15) is 4.79 Å². The number of carbonyl (C=O) groups is 1. The molecule has 0 aliphatic carbocycles. The van der Waals surface area contributed by atoms with Crippen molar-refractivity contribution in [2.75, 3.05) is 12.1 Å². The Morgan fingerprint density at radius 3 is 2.67 bits per heavy atom. The first-order valence-corrected chi connectivity index (χ1v) is 11.3. The van der Waals surface area contributed by atoms with E-state index in [1.807, 2.05) is 55.5 Å². The molecule has 0 radical (unpaired) electrons. The lowest BCUT2D eigenvalue weighted by atomic mass is 10.1. The Hall–Kier alpha value is -3.49. The van der Waals surface area contributed by atoms with Gasteiger partial charge in [-0.1, -0.05) is 48.0 Å². The number of hydrogen-bond donors (Lipinski definition) is 1. The summed E-state index contributed by atoms with van der Waals surface area (Å²) in [6, 6.07) is 20.2. The normalized spacial score (nSPS) is 13.0. The Balaban J connectivity index is 1.39. The molecular weight excluding hydrogens is 462 g/mol. The Kier molecular flexibility index (Phi) is 5.93. The summed E-state index contributed by atoms with van der Waals surface area (Å²) in [7, 11) is 0. The van der Waals surface area contributed by atoms with Gasteiger partial charge in [0.25, 0.3) is 5.22 Å². The number of hydrogen-bond acceptors (Lipinski definition) is 7. The van der Waals surface area contributed by atoms with Gasteiger partial charge in [-0.2, -0.15) is 0 Å². The van der Waals surface area contributed by atoms with Gasteiger partial charge in [-0.25, -0.2) is 0 Å². The first-order chi connectivity index (χ1) is 16.1. The average molecular weight is 480 g/mol. The summed E-state index contributed by atoms with van der Waals surface area (Å²) in [6.07, 6.45) is 0. The minimum atomic E-state index is -0.615. The predicted molar refractivity (Wildman–Crippen MR) is 126 cm³/mol. The van der Waals surface area contributed by atoms with Crippen LogP contribution in [-0.4, -0.2) is 22.9 Å². The number of rotatable bonds is 6. The molecular formula is C24H18ClN3O4S. The van der Waals surface area contributed by atoms with Crippen molar-refractivity contribution in [2.45, 2.75) is 17.4 Å². The van der Waals surface area contributed by atoms with Crippen LogP contribution in [0.5, 0.6) is 11.5 Å². The summed E-state index contributed by atoms with van der Waals surface area (Å²) in [5, 5.41) is 11.5. The van der Waals surface area contributed by atoms with Gasteiger partial charge in [-0.3, -0.25) is 4.79 Å². The largest absolute Gasteiger partial charge is 0.454 e. The molecule has 1 unspecified atom stereocenters. The third kappa shape index (κ3) is 4.67. The maximum atomic E-state index is 13.2. The van der Waals surface area contributed by atoms with Crippen molar-refractivity contribution in [1.29, 1.82) is 0 Å². The molecule has 1 atom stereocenters. The van der Waals surface area contributed by atoms with Gasteiger partial charge < -0.3 is 19.2 Å². The molecule has 1 aliphatic rings. The average Bonchev–Trinajstić information content (AvgIpc) is 3.49. The molecule has 5 rings (SSSR count). The van der Waals surface area contributed by atoms with E-state index in [4.69, 9.17) is 25.5 Å². The van der Waals surface area contributed by atoms with Crippen LogP contribution in [0.25, 0.3) is 11.5 Å². The Morgan fingerprint density at radius 1 is 1.03 bits per heavy atom. The van der Waals surface area contributed by atoms with Crippen molar-refractivity contribution in [2.24, 2.45) is 0 Å². The second-order valence-corrected chi connectivity index (χ2v) is 8.77. The molecule has 3 aromatic carbocycles. The van der Waals surface area contributed by atoms with Crippen molar-refractivity contribution < 1.29 is 18.7 Å². The van der Waals surface area contributed by atoms with E-state index in [0.717, 1.165) is 11.1 Å². The molecule has 0 bridgehead atoms. The van der Waals surface area contributed by atoms with Crippen LogP contribution in [0.2, 0.25) is 5.02 Å². The van der Waals surface area contributed by atoms with E-state index < -0.39 is 5.25 Å². The van der Waals surface area contributed by atoms with Gasteiger partial charge in [0.15, 0.2) is 11.5 Å². The highest BCUT2D eigenvalue weighted by atomic mass is 35.5. The Labute approximate surface area is 199 Å². The lowest BCUT2D eigenvalue weighted by molar-refractivity contribution is -0.115. The number of benzene rings is 3. The van der Waals surface area contributed by atoms with Crippen molar-refractivity contribution in [1.82, 2.24) is 10.2 Å². The molecule has 1 N–H and O–H groups in total. The van der Waals surface area contributed by atoms with E-state index >= 15 is 0 Å². The monoisotopic (exact) mass is 479 g/mol. The Morgan fingerprint density at radius 2 is 1.85 bits per heavy atom. The minimum Gasteiger partial charge on any atom is -0.454 e. The molecule has 1 amide bonds. The number of aryl methyl sites for hydroxylation is 1. The van der Waals surface area contributed by atoms with Crippen LogP contribution in [0, 0.1) is 6.92 Å². The fourth-order valence-electron chi connectivity index (χ4n) is 3.28. The van der Waals surface area contributed by atoms with Crippen LogP contribution in [0.3, 0.4) is 0 Å². The van der Waals surface area contributed by atoms with E-state index in [-0.39, 0.29) is 17.9 Å². The molecule has 4 aromatic rings. The maximum Gasteiger partial charge on any atom is 0.277 e. The zero-order valence-electron chi connectivity index (χ0n) is 17.4. The van der Waals surface area contributed by atoms with Crippen molar-refractivity contribution >= 4 is 35.0 Å². The molecule has 7 nitrogen and oxygen atoms in total. The molecule has 1 aliphatic heterocycles. The first kappa shape index (κ1) is 21.4. The third-order valence-corrected chi connectivity index (χ3v) is 6.52. The van der Waals surface area contributed by atoms with E-state index in [1.165, 1.54) is 11.8 Å². The fourth-order valence-corrected chi connectivity index (χ4v) is 4.34. The molecule has 1 aromatic heterocycles. The van der Waals surface area contributed by atoms with Crippen LogP contribution >= 0.6 is 23.4 Å². The smallest absolute Gasteiger partial charge is 0.277 e. The van der Waals surface area contributed by atoms with Gasteiger partial charge in [0.2, 0.25) is 18.6 Å². The standard InChI is InChI=1S/C24H18ClN3O4S/c1-14-7-9-17(12-18(14)25)26-22(29)21(15-5-3-2-4-6-15)33-24-28-27-23(32-24)16-8-10-19-20(11-16)31-13-30-19/h2-12,21H,13H2,1H3,(H,26,29). The van der Waals surface area contributed by atoms with Crippen LogP contribution in [0.15, 0.2) is 76.4 Å². The lowest BCUT2D eigenvalue weighted by Crippen LogP contribution is -2.19. The number of ether oxygens (including phenoxy) is 2. The number of thioether (sulfide) groups is 1. The highest BCUT2D eigenvalue weighted by Gasteiger charge is 2.26. The summed E-state index contributed by atoms with van der Waals surface area (Å²) >= 11 is 7.39. The van der Waals surface area contributed by atoms with Crippen LogP contribution in [0.1, 0.15) is 16.4 Å². The van der Waals surface area contributed by atoms with Crippen LogP contribution in [-0.2, 0) is 4.79 Å². The summed E-state index contributed by atoms with van der Waals surface area (Å²) in [5.74, 6) is 1.39. The third-order valence-electron chi connectivity index (χ3n) is 5.02. The van der Waals surface area contributed by atoms with Crippen molar-refractivity contribution in [3.05, 3.63) is 82.9 Å². The van der Waals surface area contributed by atoms with Gasteiger partial charge >= 0.3 is 0 Å². The highest BCUT2D eigenvalue weighted by Crippen LogP contribution is 2.39. The number of halogens is 1. The van der Waals surface area contributed by atoms with Gasteiger partial charge in [0.1, 0.15) is 5.25 Å². The molecule has 2 heterocycles. The molecule has 166 valence electrons. The summed E-state index contributed by atoms with van der Waals surface area (Å²) < 4.78 is 16.6. The molecule has 33 heavy (non-hydrogen) atoms. The summed E-state index contributed by atoms with van der Waals surface area (Å²) in [5.41, 5.74) is 3.06. The second-order valence-electron chi connectivity index (χ2n) is 7.30. The fraction of sp³-hybridized carbons (Fsp3) is 0.125. The number of aromatic nitrogens is 2. The number of nitrogens with one attached hydrogen (secondary N) is 1. The van der Waals surface area contributed by atoms with Crippen molar-refractivity contribution in [3.63, 3.8) is 0 Å². The van der Waals surface area contributed by atoms with E-state index in [2.05, 4.69) is 15.5 Å². The maximum absolute atomic E-state index is 13.2. The van der Waals surface area contributed by atoms with Crippen LogP contribution < -0.4 is 14.8 Å². The SMILES string of the molecule is Cc1ccc(NC(=O)C(Sc2nnc(-c3ccc4c(c3)OCO4)o2)c2ccccc2)cc1Cl. The van der Waals surface area contributed by atoms with Gasteiger partial charge in [-0.15, -0.1) is 10.2 Å². The van der Waals surface area contributed by atoms with Gasteiger partial charge in [0, 0.05) is 16.3 Å². The van der Waals surface area contributed by atoms with E-state index in [0.29, 0.717) is 33.7 Å². The first-order valence-electron chi connectivity index (χ1n) is 10.1. The number of fused-ring (bicyclic) bond motifs is 1. The number of carbonyl (C=O) groups excluding carboxylic acids is 1. The Bertz CT molecular complexity index is 1310. The van der Waals surface area contributed by atoms with Gasteiger partial charge in [-0.05, 0) is 60.1 Å². The zero-order chi connectivity index (χ0) is 22.8. The van der Waals surface area contributed by atoms with Crippen molar-refractivity contribution in [3.8, 4) is 23.0 Å². The molecule has 0 spiro atoms. The number of anilines is 1. The molecule has 0 fully saturated rings. The number of amides is 1. The summed E-state index contributed by atoms with van der Waals surface area (Å²) in [4.78, 5) is 13.2. The highest BCUT2D eigenvalue weighted by molar-refractivity contribution is 8.00. The second kappa shape index (κ2) is 9.17. The summed E-state index contributed by atoms with van der Waals surface area (Å²) in [6.45, 7) is 2.09. The topological polar surface area (TPSA) is 86.5 Å². The quantitative estimate of drug-likeness (QED) is 0.344. The lowest BCUT2D eigenvalue weighted by Gasteiger charge is -2.15. The minimum absolute atomic E-state index is 0.184. The van der Waals surface area contributed by atoms with Gasteiger partial charge in [0.05, 0.1) is 0 Å². The molecule has 0 saturated carbocycles. The van der Waals surface area contributed by atoms with E-state index in [1.54, 1.807) is 18.2 Å². The molecule has 9 heteroatoms. The molecule has 0 saturated heterocycles. The number of nitrogens with zero attached hydrogens (tertiary/aromatic N) is 2.